The summed E-state index contributed by atoms with van der Waals surface area (Å²) in [5, 5.41) is 5.91. The number of rotatable bonds is 6. The van der Waals surface area contributed by atoms with Gasteiger partial charge in [-0.05, 0) is 56.2 Å². The number of hydrogen-bond acceptors (Lipinski definition) is 3. The van der Waals surface area contributed by atoms with E-state index >= 15 is 0 Å². The van der Waals surface area contributed by atoms with Gasteiger partial charge in [0.05, 0.1) is 0 Å². The van der Waals surface area contributed by atoms with E-state index in [0.29, 0.717) is 11.3 Å². The van der Waals surface area contributed by atoms with Crippen LogP contribution in [0.4, 0.5) is 5.69 Å². The summed E-state index contributed by atoms with van der Waals surface area (Å²) in [4.78, 5) is 24.6. The van der Waals surface area contributed by atoms with E-state index in [-0.39, 0.29) is 17.9 Å². The lowest BCUT2D eigenvalue weighted by atomic mass is 9.95. The Kier molecular flexibility index (Phi) is 6.47. The average molecular weight is 366 g/mol. The Bertz CT molecular complexity index is 753. The molecule has 0 aliphatic heterocycles. The highest BCUT2D eigenvalue weighted by molar-refractivity contribution is 5.95. The lowest BCUT2D eigenvalue weighted by Crippen LogP contribution is -2.36. The molecule has 0 spiro atoms. The summed E-state index contributed by atoms with van der Waals surface area (Å²) in [5.74, 6) is 0.281. The number of carbonyl (C=O) groups excluding carboxylic acids is 2. The molecule has 1 saturated carbocycles. The molecule has 5 nitrogen and oxygen atoms in total. The molecule has 0 unspecified atom stereocenters. The Balaban J connectivity index is 1.52. The van der Waals surface area contributed by atoms with Crippen LogP contribution in [0, 0.1) is 0 Å². The second kappa shape index (κ2) is 9.21. The number of nitrogens with one attached hydrogen (secondary N) is 2. The van der Waals surface area contributed by atoms with E-state index in [1.54, 1.807) is 31.2 Å². The van der Waals surface area contributed by atoms with Crippen molar-refractivity contribution in [3.8, 4) is 5.75 Å². The van der Waals surface area contributed by atoms with Crippen LogP contribution in [-0.4, -0.2) is 24.0 Å². The van der Waals surface area contributed by atoms with Gasteiger partial charge in [-0.25, -0.2) is 0 Å². The number of hydrogen-bond donors (Lipinski definition) is 2. The van der Waals surface area contributed by atoms with E-state index in [0.717, 1.165) is 18.5 Å². The molecule has 1 atom stereocenters. The van der Waals surface area contributed by atoms with Gasteiger partial charge in [0.1, 0.15) is 5.75 Å². The van der Waals surface area contributed by atoms with Crippen LogP contribution in [0.25, 0.3) is 0 Å². The van der Waals surface area contributed by atoms with E-state index in [1.807, 2.05) is 30.3 Å². The van der Waals surface area contributed by atoms with Gasteiger partial charge in [-0.3, -0.25) is 9.59 Å². The summed E-state index contributed by atoms with van der Waals surface area (Å²) in [6.07, 6.45) is 5.09. The molecule has 0 radical (unpaired) electrons. The van der Waals surface area contributed by atoms with Gasteiger partial charge in [0.25, 0.3) is 11.8 Å². The van der Waals surface area contributed by atoms with Crippen molar-refractivity contribution < 1.29 is 14.3 Å². The van der Waals surface area contributed by atoms with Gasteiger partial charge in [-0.15, -0.1) is 0 Å². The lowest BCUT2D eigenvalue weighted by Gasteiger charge is -2.22. The monoisotopic (exact) mass is 366 g/mol. The molecule has 0 aromatic heterocycles. The van der Waals surface area contributed by atoms with E-state index in [9.17, 15) is 9.59 Å². The van der Waals surface area contributed by atoms with Gasteiger partial charge in [-0.1, -0.05) is 37.5 Å². The first-order valence-corrected chi connectivity index (χ1v) is 9.55. The number of anilines is 1. The molecule has 1 fully saturated rings. The molecule has 5 heteroatoms. The molecule has 27 heavy (non-hydrogen) atoms. The summed E-state index contributed by atoms with van der Waals surface area (Å²) in [5.41, 5.74) is 1.34. The zero-order chi connectivity index (χ0) is 19.1. The van der Waals surface area contributed by atoms with Crippen LogP contribution in [-0.2, 0) is 4.79 Å². The topological polar surface area (TPSA) is 67.4 Å². The molecule has 2 amide bonds. The van der Waals surface area contributed by atoms with Gasteiger partial charge < -0.3 is 15.4 Å². The number of ether oxygens (including phenoxy) is 1. The van der Waals surface area contributed by atoms with E-state index in [1.165, 1.54) is 19.3 Å². The van der Waals surface area contributed by atoms with Crippen LogP contribution in [0.5, 0.6) is 5.75 Å². The third kappa shape index (κ3) is 5.58. The van der Waals surface area contributed by atoms with E-state index < -0.39 is 6.10 Å². The average Bonchev–Trinajstić information content (AvgIpc) is 2.70. The first kappa shape index (κ1) is 19.0. The van der Waals surface area contributed by atoms with Crippen LogP contribution in [0.3, 0.4) is 0 Å². The van der Waals surface area contributed by atoms with Crippen molar-refractivity contribution >= 4 is 17.5 Å². The fraction of sp³-hybridized carbons (Fsp3) is 0.364. The molecule has 0 saturated heterocycles. The number of amides is 2. The molecule has 0 heterocycles. The van der Waals surface area contributed by atoms with Crippen molar-refractivity contribution in [2.45, 2.75) is 51.2 Å². The minimum absolute atomic E-state index is 0.0525. The highest BCUT2D eigenvalue weighted by atomic mass is 16.5. The van der Waals surface area contributed by atoms with Crippen LogP contribution in [0.1, 0.15) is 49.4 Å². The summed E-state index contributed by atoms with van der Waals surface area (Å²) in [6, 6.07) is 16.4. The Morgan fingerprint density at radius 1 is 0.963 bits per heavy atom. The SMILES string of the molecule is C[C@@H](Oc1ccc(C(=O)NC2CCCCC2)cc1)C(=O)Nc1ccccc1. The zero-order valence-corrected chi connectivity index (χ0v) is 15.6. The van der Waals surface area contributed by atoms with Crippen LogP contribution < -0.4 is 15.4 Å². The predicted molar refractivity (Wildman–Crippen MR) is 106 cm³/mol. The number of carbonyl (C=O) groups is 2. The van der Waals surface area contributed by atoms with Crippen LogP contribution in [0.15, 0.2) is 54.6 Å². The van der Waals surface area contributed by atoms with Gasteiger partial charge in [-0.2, -0.15) is 0 Å². The quantitative estimate of drug-likeness (QED) is 0.807. The van der Waals surface area contributed by atoms with Gasteiger partial charge in [0.2, 0.25) is 0 Å². The highest BCUT2D eigenvalue weighted by Crippen LogP contribution is 2.19. The van der Waals surface area contributed by atoms with Crippen LogP contribution >= 0.6 is 0 Å². The maximum absolute atomic E-state index is 12.3. The van der Waals surface area contributed by atoms with Gasteiger partial charge >= 0.3 is 0 Å². The minimum Gasteiger partial charge on any atom is -0.481 e. The Hall–Kier alpha value is -2.82. The van der Waals surface area contributed by atoms with Crippen LogP contribution in [0.2, 0.25) is 0 Å². The summed E-state index contributed by atoms with van der Waals surface area (Å²) in [7, 11) is 0. The van der Waals surface area contributed by atoms with Crippen molar-refractivity contribution in [2.24, 2.45) is 0 Å². The van der Waals surface area contributed by atoms with Crippen molar-refractivity contribution in [2.75, 3.05) is 5.32 Å². The lowest BCUT2D eigenvalue weighted by molar-refractivity contribution is -0.122. The summed E-state index contributed by atoms with van der Waals surface area (Å²) >= 11 is 0. The molecule has 0 bridgehead atoms. The van der Waals surface area contributed by atoms with Crippen molar-refractivity contribution in [3.63, 3.8) is 0 Å². The molecular formula is C22H26N2O3. The molecule has 1 aliphatic carbocycles. The Labute approximate surface area is 160 Å². The fourth-order valence-corrected chi connectivity index (χ4v) is 3.22. The minimum atomic E-state index is -0.646. The molecular weight excluding hydrogens is 340 g/mol. The van der Waals surface area contributed by atoms with Crippen molar-refractivity contribution in [1.82, 2.24) is 5.32 Å². The predicted octanol–water partition coefficient (Wildman–Crippen LogP) is 4.16. The first-order valence-electron chi connectivity index (χ1n) is 9.55. The largest absolute Gasteiger partial charge is 0.481 e. The Morgan fingerprint density at radius 3 is 2.30 bits per heavy atom. The number of para-hydroxylation sites is 1. The maximum atomic E-state index is 12.3. The normalized spacial score (nSPS) is 15.6. The molecule has 142 valence electrons. The van der Waals surface area contributed by atoms with E-state index in [4.69, 9.17) is 4.74 Å². The summed E-state index contributed by atoms with van der Waals surface area (Å²) in [6.45, 7) is 1.70. The third-order valence-electron chi connectivity index (χ3n) is 4.78. The number of benzene rings is 2. The van der Waals surface area contributed by atoms with E-state index in [2.05, 4.69) is 10.6 Å². The van der Waals surface area contributed by atoms with Crippen molar-refractivity contribution in [1.29, 1.82) is 0 Å². The standard InChI is InChI=1S/C22H26N2O3/c1-16(21(25)23-18-8-4-2-5-9-18)27-20-14-12-17(13-15-20)22(26)24-19-10-6-3-7-11-19/h2,4-5,8-9,12-16,19H,3,6-7,10-11H2,1H3,(H,23,25)(H,24,26)/t16-/m1/s1. The first-order chi connectivity index (χ1) is 13.1. The maximum Gasteiger partial charge on any atom is 0.265 e. The molecule has 2 aromatic carbocycles. The second-order valence-corrected chi connectivity index (χ2v) is 6.95. The highest BCUT2D eigenvalue weighted by Gasteiger charge is 2.18. The smallest absolute Gasteiger partial charge is 0.265 e. The summed E-state index contributed by atoms with van der Waals surface area (Å²) < 4.78 is 5.69. The molecule has 3 rings (SSSR count). The molecule has 1 aliphatic rings. The second-order valence-electron chi connectivity index (χ2n) is 6.95. The van der Waals surface area contributed by atoms with Crippen molar-refractivity contribution in [3.05, 3.63) is 60.2 Å². The zero-order valence-electron chi connectivity index (χ0n) is 15.6. The van der Waals surface area contributed by atoms with Gasteiger partial charge in [0.15, 0.2) is 6.10 Å². The molecule has 2 N–H and O–H groups in total. The van der Waals surface area contributed by atoms with Gasteiger partial charge in [0, 0.05) is 17.3 Å². The molecule has 2 aromatic rings. The fourth-order valence-electron chi connectivity index (χ4n) is 3.22. The Morgan fingerprint density at radius 2 is 1.63 bits per heavy atom. The third-order valence-corrected chi connectivity index (χ3v) is 4.78.